The van der Waals surface area contributed by atoms with Crippen molar-refractivity contribution >= 4 is 23.5 Å². The van der Waals surface area contributed by atoms with Gasteiger partial charge in [0.2, 0.25) is 0 Å². The Kier molecular flexibility index (Phi) is 3.17. The molecule has 0 aliphatic carbocycles. The van der Waals surface area contributed by atoms with Crippen LogP contribution in [0.3, 0.4) is 0 Å². The highest BCUT2D eigenvalue weighted by Gasteiger charge is 2.34. The first kappa shape index (κ1) is 13.6. The number of carboxylic acids is 1. The van der Waals surface area contributed by atoms with E-state index in [0.29, 0.717) is 23.8 Å². The quantitative estimate of drug-likeness (QED) is 0.899. The van der Waals surface area contributed by atoms with Gasteiger partial charge in [-0.05, 0) is 6.07 Å². The van der Waals surface area contributed by atoms with E-state index in [1.165, 1.54) is 10.9 Å². The molecule has 3 rings (SSSR count). The minimum absolute atomic E-state index is 0.0507. The number of hydrogen-bond acceptors (Lipinski definition) is 4. The lowest BCUT2D eigenvalue weighted by Crippen LogP contribution is -2.51. The number of aromatic carboxylic acids is 1. The van der Waals surface area contributed by atoms with E-state index in [1.807, 2.05) is 0 Å². The first-order valence-electron chi connectivity index (χ1n) is 6.22. The number of rotatable bonds is 3. The summed E-state index contributed by atoms with van der Waals surface area (Å²) in [5.74, 6) is -1.23. The maximum atomic E-state index is 12.3. The van der Waals surface area contributed by atoms with Crippen molar-refractivity contribution in [3.8, 4) is 0 Å². The lowest BCUT2D eigenvalue weighted by molar-refractivity contribution is 0.0488. The molecule has 2 aromatic heterocycles. The summed E-state index contributed by atoms with van der Waals surface area (Å²) < 4.78 is 3.15. The molecule has 2 aromatic rings. The molecule has 1 aliphatic heterocycles. The molecule has 9 heteroatoms. The summed E-state index contributed by atoms with van der Waals surface area (Å²) in [5, 5.41) is 16.6. The van der Waals surface area contributed by atoms with E-state index in [1.54, 1.807) is 28.8 Å². The third-order valence-electron chi connectivity index (χ3n) is 3.44. The fourth-order valence-electron chi connectivity index (χ4n) is 2.24. The predicted molar refractivity (Wildman–Crippen MR) is 72.3 cm³/mol. The summed E-state index contributed by atoms with van der Waals surface area (Å²) in [5.41, 5.74) is 0.414. The predicted octanol–water partition coefficient (Wildman–Crippen LogP) is 0.665. The van der Waals surface area contributed by atoms with Crippen molar-refractivity contribution in [2.24, 2.45) is 7.05 Å². The largest absolute Gasteiger partial charge is 0.476 e. The molecule has 0 saturated carbocycles. The van der Waals surface area contributed by atoms with Crippen LogP contribution in [-0.4, -0.2) is 54.5 Å². The number of carbonyl (C=O) groups is 2. The summed E-state index contributed by atoms with van der Waals surface area (Å²) in [4.78, 5) is 24.7. The molecule has 21 heavy (non-hydrogen) atoms. The molecule has 0 atom stereocenters. The monoisotopic (exact) mass is 309 g/mol. The zero-order valence-corrected chi connectivity index (χ0v) is 11.9. The van der Waals surface area contributed by atoms with Crippen LogP contribution in [0, 0.1) is 0 Å². The Morgan fingerprint density at radius 3 is 2.62 bits per heavy atom. The van der Waals surface area contributed by atoms with Gasteiger partial charge in [0.1, 0.15) is 5.69 Å². The van der Waals surface area contributed by atoms with E-state index in [9.17, 15) is 9.59 Å². The number of amides is 1. The molecule has 1 aliphatic rings. The minimum atomic E-state index is -1.12. The van der Waals surface area contributed by atoms with Crippen LogP contribution >= 0.6 is 11.6 Å². The Labute approximate surface area is 124 Å². The third kappa shape index (κ3) is 2.38. The van der Waals surface area contributed by atoms with Crippen LogP contribution < -0.4 is 0 Å². The highest BCUT2D eigenvalue weighted by molar-refractivity contribution is 6.31. The second-order valence-electron chi connectivity index (χ2n) is 4.91. The van der Waals surface area contributed by atoms with Crippen LogP contribution in [0.5, 0.6) is 0 Å². The number of carboxylic acid groups (broad SMARTS) is 1. The number of aryl methyl sites for hydroxylation is 1. The van der Waals surface area contributed by atoms with Crippen molar-refractivity contribution in [1.82, 2.24) is 24.5 Å². The number of likely N-dealkylation sites (tertiary alicyclic amines) is 1. The fraction of sp³-hybridized carbons (Fsp3) is 0.333. The van der Waals surface area contributed by atoms with E-state index in [0.717, 1.165) is 0 Å². The first-order valence-corrected chi connectivity index (χ1v) is 6.60. The molecule has 0 unspecified atom stereocenters. The molecule has 1 amide bonds. The second-order valence-corrected chi connectivity index (χ2v) is 5.34. The summed E-state index contributed by atoms with van der Waals surface area (Å²) >= 11 is 5.86. The average Bonchev–Trinajstić information content (AvgIpc) is 2.94. The lowest BCUT2D eigenvalue weighted by Gasteiger charge is -2.38. The van der Waals surface area contributed by atoms with Crippen LogP contribution in [0.4, 0.5) is 0 Å². The van der Waals surface area contributed by atoms with Gasteiger partial charge in [0.15, 0.2) is 5.69 Å². The molecule has 1 fully saturated rings. The van der Waals surface area contributed by atoms with Gasteiger partial charge in [-0.1, -0.05) is 16.8 Å². The Bertz CT molecular complexity index is 716. The van der Waals surface area contributed by atoms with E-state index in [2.05, 4.69) is 10.3 Å². The van der Waals surface area contributed by atoms with Crippen molar-refractivity contribution in [3.63, 3.8) is 0 Å². The molecular weight excluding hydrogens is 298 g/mol. The number of aromatic nitrogens is 4. The topological polar surface area (TPSA) is 93.2 Å². The Balaban J connectivity index is 1.66. The highest BCUT2D eigenvalue weighted by Crippen LogP contribution is 2.24. The fourth-order valence-corrected chi connectivity index (χ4v) is 2.49. The number of carbonyl (C=O) groups excluding carboxylic acids is 1. The highest BCUT2D eigenvalue weighted by atomic mass is 35.5. The number of hydrogen-bond donors (Lipinski definition) is 1. The van der Waals surface area contributed by atoms with Gasteiger partial charge in [-0.15, -0.1) is 5.10 Å². The molecule has 0 radical (unpaired) electrons. The Morgan fingerprint density at radius 1 is 1.38 bits per heavy atom. The molecule has 8 nitrogen and oxygen atoms in total. The van der Waals surface area contributed by atoms with Crippen molar-refractivity contribution in [2.45, 2.75) is 6.04 Å². The van der Waals surface area contributed by atoms with Crippen LogP contribution in [0.2, 0.25) is 5.02 Å². The summed E-state index contributed by atoms with van der Waals surface area (Å²) in [6.45, 7) is 0.925. The van der Waals surface area contributed by atoms with Gasteiger partial charge < -0.3 is 14.6 Å². The Morgan fingerprint density at radius 2 is 2.10 bits per heavy atom. The zero-order chi connectivity index (χ0) is 15.1. The number of nitrogens with zero attached hydrogens (tertiary/aromatic N) is 5. The maximum absolute atomic E-state index is 12.3. The second kappa shape index (κ2) is 4.88. The molecule has 0 aromatic carbocycles. The zero-order valence-electron chi connectivity index (χ0n) is 11.1. The summed E-state index contributed by atoms with van der Waals surface area (Å²) in [6, 6.07) is 1.57. The lowest BCUT2D eigenvalue weighted by atomic mass is 10.1. The van der Waals surface area contributed by atoms with Gasteiger partial charge in [0.25, 0.3) is 5.91 Å². The van der Waals surface area contributed by atoms with Gasteiger partial charge in [-0.25, -0.2) is 9.48 Å². The minimum Gasteiger partial charge on any atom is -0.476 e. The Hall–Kier alpha value is -2.35. The van der Waals surface area contributed by atoms with Crippen LogP contribution in [0.15, 0.2) is 18.5 Å². The van der Waals surface area contributed by atoms with Gasteiger partial charge >= 0.3 is 5.97 Å². The van der Waals surface area contributed by atoms with Crippen molar-refractivity contribution in [3.05, 3.63) is 34.9 Å². The SMILES string of the molecule is Cn1cc(Cl)cc1C(=O)N1CC(n2cc(C(=O)O)nn2)C1. The van der Waals surface area contributed by atoms with E-state index < -0.39 is 5.97 Å². The van der Waals surface area contributed by atoms with Crippen molar-refractivity contribution in [1.29, 1.82) is 0 Å². The smallest absolute Gasteiger partial charge is 0.358 e. The van der Waals surface area contributed by atoms with E-state index in [-0.39, 0.29) is 17.6 Å². The van der Waals surface area contributed by atoms with Gasteiger partial charge in [-0.3, -0.25) is 4.79 Å². The molecule has 0 bridgehead atoms. The maximum Gasteiger partial charge on any atom is 0.358 e. The van der Waals surface area contributed by atoms with Gasteiger partial charge in [0, 0.05) is 26.3 Å². The van der Waals surface area contributed by atoms with Crippen LogP contribution in [0.1, 0.15) is 27.0 Å². The summed E-state index contributed by atoms with van der Waals surface area (Å²) in [7, 11) is 1.76. The molecule has 110 valence electrons. The molecule has 1 saturated heterocycles. The normalized spacial score (nSPS) is 15.0. The average molecular weight is 310 g/mol. The van der Waals surface area contributed by atoms with E-state index >= 15 is 0 Å². The summed E-state index contributed by atoms with van der Waals surface area (Å²) in [6.07, 6.45) is 3.04. The van der Waals surface area contributed by atoms with Gasteiger partial charge in [-0.2, -0.15) is 0 Å². The standard InChI is InChI=1S/C12H12ClN5O3/c1-16-3-7(13)2-10(16)11(19)17-4-8(5-17)18-6-9(12(20)21)14-15-18/h2-3,6,8H,4-5H2,1H3,(H,20,21). The first-order chi connectivity index (χ1) is 9.95. The van der Waals surface area contributed by atoms with Crippen molar-refractivity contribution < 1.29 is 14.7 Å². The van der Waals surface area contributed by atoms with Crippen LogP contribution in [0.25, 0.3) is 0 Å². The van der Waals surface area contributed by atoms with Gasteiger partial charge in [0.05, 0.1) is 17.3 Å². The molecule has 3 heterocycles. The third-order valence-corrected chi connectivity index (χ3v) is 3.65. The molecule has 1 N–H and O–H groups in total. The van der Waals surface area contributed by atoms with Crippen LogP contribution in [-0.2, 0) is 7.05 Å². The molecular formula is C12H12ClN5O3. The molecule has 0 spiro atoms. The van der Waals surface area contributed by atoms with Crippen molar-refractivity contribution in [2.75, 3.05) is 13.1 Å². The number of halogens is 1. The van der Waals surface area contributed by atoms with E-state index in [4.69, 9.17) is 16.7 Å².